The van der Waals surface area contributed by atoms with Gasteiger partial charge in [0, 0.05) is 13.1 Å². The smallest absolute Gasteiger partial charge is 0.261 e. The maximum atomic E-state index is 13.1. The minimum Gasteiger partial charge on any atom is -0.484 e. The van der Waals surface area contributed by atoms with Gasteiger partial charge in [-0.15, -0.1) is 0 Å². The fourth-order valence-electron chi connectivity index (χ4n) is 2.94. The van der Waals surface area contributed by atoms with E-state index in [1.165, 1.54) is 29.2 Å². The number of carbonyl (C=O) groups is 2. The highest BCUT2D eigenvalue weighted by Gasteiger charge is 2.29. The Morgan fingerprint density at radius 2 is 1.77 bits per heavy atom. The standard InChI is InChI=1S/C23H27Cl2FN2O3/c1-4-21(23(30)27-12-15(2)3)28(13-16-5-10-19(24)20(25)11-16)22(29)14-31-18-8-6-17(26)7-9-18/h5-11,15,21H,4,12-14H2,1-3H3,(H,27,30)/t21-/m1/s1. The quantitative estimate of drug-likeness (QED) is 0.528. The van der Waals surface area contributed by atoms with Crippen molar-refractivity contribution >= 4 is 35.0 Å². The van der Waals surface area contributed by atoms with Crippen LogP contribution in [0, 0.1) is 11.7 Å². The molecule has 0 heterocycles. The van der Waals surface area contributed by atoms with E-state index in [0.29, 0.717) is 28.8 Å². The first kappa shape index (κ1) is 25.0. The molecule has 2 aromatic carbocycles. The number of hydrogen-bond acceptors (Lipinski definition) is 3. The van der Waals surface area contributed by atoms with Crippen LogP contribution in [-0.2, 0) is 16.1 Å². The Bertz CT molecular complexity index is 891. The minimum absolute atomic E-state index is 0.163. The highest BCUT2D eigenvalue weighted by molar-refractivity contribution is 6.42. The van der Waals surface area contributed by atoms with Gasteiger partial charge >= 0.3 is 0 Å². The molecule has 168 valence electrons. The molecule has 0 saturated heterocycles. The molecule has 5 nitrogen and oxygen atoms in total. The summed E-state index contributed by atoms with van der Waals surface area (Å²) in [5, 5.41) is 3.67. The zero-order chi connectivity index (χ0) is 23.0. The van der Waals surface area contributed by atoms with Crippen molar-refractivity contribution < 1.29 is 18.7 Å². The summed E-state index contributed by atoms with van der Waals surface area (Å²) in [4.78, 5) is 27.4. The van der Waals surface area contributed by atoms with E-state index >= 15 is 0 Å². The van der Waals surface area contributed by atoms with E-state index < -0.39 is 11.9 Å². The molecule has 0 aliphatic carbocycles. The van der Waals surface area contributed by atoms with Crippen LogP contribution in [0.4, 0.5) is 4.39 Å². The van der Waals surface area contributed by atoms with Crippen LogP contribution in [0.5, 0.6) is 5.75 Å². The van der Waals surface area contributed by atoms with Gasteiger partial charge in [-0.2, -0.15) is 0 Å². The summed E-state index contributed by atoms with van der Waals surface area (Å²) in [7, 11) is 0. The van der Waals surface area contributed by atoms with Gasteiger partial charge in [-0.1, -0.05) is 50.0 Å². The summed E-state index contributed by atoms with van der Waals surface area (Å²) in [6.45, 7) is 6.22. The van der Waals surface area contributed by atoms with Crippen molar-refractivity contribution in [3.05, 3.63) is 63.9 Å². The van der Waals surface area contributed by atoms with E-state index in [9.17, 15) is 14.0 Å². The molecule has 1 atom stereocenters. The first-order valence-corrected chi connectivity index (χ1v) is 10.9. The SMILES string of the molecule is CC[C@H](C(=O)NCC(C)C)N(Cc1ccc(Cl)c(Cl)c1)C(=O)COc1ccc(F)cc1. The highest BCUT2D eigenvalue weighted by Crippen LogP contribution is 2.24. The molecule has 2 amide bonds. The number of nitrogens with zero attached hydrogens (tertiary/aromatic N) is 1. The fourth-order valence-corrected chi connectivity index (χ4v) is 3.26. The number of ether oxygens (including phenoxy) is 1. The van der Waals surface area contributed by atoms with Gasteiger partial charge in [0.1, 0.15) is 17.6 Å². The second-order valence-electron chi connectivity index (χ2n) is 7.58. The summed E-state index contributed by atoms with van der Waals surface area (Å²) < 4.78 is 18.6. The molecule has 1 N–H and O–H groups in total. The van der Waals surface area contributed by atoms with Crippen LogP contribution in [0.1, 0.15) is 32.8 Å². The molecule has 0 radical (unpaired) electrons. The maximum Gasteiger partial charge on any atom is 0.261 e. The Balaban J connectivity index is 2.21. The first-order valence-electron chi connectivity index (χ1n) is 10.1. The number of nitrogens with one attached hydrogen (secondary N) is 1. The highest BCUT2D eigenvalue weighted by atomic mass is 35.5. The molecule has 0 saturated carbocycles. The van der Waals surface area contributed by atoms with Crippen molar-refractivity contribution in [3.8, 4) is 5.75 Å². The summed E-state index contributed by atoms with van der Waals surface area (Å²) in [6, 6.07) is 9.78. The zero-order valence-corrected chi connectivity index (χ0v) is 19.3. The summed E-state index contributed by atoms with van der Waals surface area (Å²) in [6.07, 6.45) is 0.424. The number of hydrogen-bond donors (Lipinski definition) is 1. The predicted octanol–water partition coefficient (Wildman–Crippen LogP) is 5.09. The number of halogens is 3. The average Bonchev–Trinajstić information content (AvgIpc) is 2.74. The van der Waals surface area contributed by atoms with Crippen molar-refractivity contribution in [1.29, 1.82) is 0 Å². The van der Waals surface area contributed by atoms with Gasteiger partial charge < -0.3 is 15.0 Å². The van der Waals surface area contributed by atoms with Crippen LogP contribution < -0.4 is 10.1 Å². The lowest BCUT2D eigenvalue weighted by Gasteiger charge is -2.31. The molecule has 0 bridgehead atoms. The van der Waals surface area contributed by atoms with Gasteiger partial charge in [0.2, 0.25) is 5.91 Å². The Labute approximate surface area is 192 Å². The van der Waals surface area contributed by atoms with E-state index in [0.717, 1.165) is 5.56 Å². The van der Waals surface area contributed by atoms with Crippen LogP contribution in [0.2, 0.25) is 10.0 Å². The monoisotopic (exact) mass is 468 g/mol. The zero-order valence-electron chi connectivity index (χ0n) is 17.8. The number of amides is 2. The van der Waals surface area contributed by atoms with Crippen molar-refractivity contribution in [2.75, 3.05) is 13.2 Å². The van der Waals surface area contributed by atoms with Gasteiger partial charge in [-0.05, 0) is 54.3 Å². The number of rotatable bonds is 10. The van der Waals surface area contributed by atoms with Crippen molar-refractivity contribution in [2.45, 2.75) is 39.8 Å². The summed E-state index contributed by atoms with van der Waals surface area (Å²) in [5.74, 6) is -0.356. The third-order valence-corrected chi connectivity index (χ3v) is 5.32. The molecule has 0 aliphatic heterocycles. The van der Waals surface area contributed by atoms with Crippen LogP contribution in [0.15, 0.2) is 42.5 Å². The first-order chi connectivity index (χ1) is 14.7. The summed E-state index contributed by atoms with van der Waals surface area (Å²) >= 11 is 12.1. The second kappa shape index (κ2) is 11.9. The predicted molar refractivity (Wildman–Crippen MR) is 121 cm³/mol. The molecule has 2 rings (SSSR count). The van der Waals surface area contributed by atoms with E-state index in [4.69, 9.17) is 27.9 Å². The molecular formula is C23H27Cl2FN2O3. The lowest BCUT2D eigenvalue weighted by molar-refractivity contribution is -0.143. The number of benzene rings is 2. The van der Waals surface area contributed by atoms with Crippen LogP contribution in [0.25, 0.3) is 0 Å². The van der Waals surface area contributed by atoms with Gasteiger partial charge in [-0.3, -0.25) is 9.59 Å². The van der Waals surface area contributed by atoms with Crippen LogP contribution >= 0.6 is 23.2 Å². The Morgan fingerprint density at radius 1 is 1.10 bits per heavy atom. The van der Waals surface area contributed by atoms with Gasteiger partial charge in [0.15, 0.2) is 6.61 Å². The van der Waals surface area contributed by atoms with Crippen molar-refractivity contribution in [3.63, 3.8) is 0 Å². The largest absolute Gasteiger partial charge is 0.484 e. The summed E-state index contributed by atoms with van der Waals surface area (Å²) in [5.41, 5.74) is 0.736. The van der Waals surface area contributed by atoms with Crippen LogP contribution in [0.3, 0.4) is 0 Å². The fraction of sp³-hybridized carbons (Fsp3) is 0.391. The number of carbonyl (C=O) groups excluding carboxylic acids is 2. The topological polar surface area (TPSA) is 58.6 Å². The van der Waals surface area contributed by atoms with E-state index in [2.05, 4.69) is 5.32 Å². The molecule has 2 aromatic rings. The Morgan fingerprint density at radius 3 is 2.35 bits per heavy atom. The van der Waals surface area contributed by atoms with Gasteiger partial charge in [0.25, 0.3) is 5.91 Å². The lowest BCUT2D eigenvalue weighted by Crippen LogP contribution is -2.50. The molecule has 0 unspecified atom stereocenters. The Hall–Kier alpha value is -2.31. The molecule has 0 spiro atoms. The average molecular weight is 469 g/mol. The maximum absolute atomic E-state index is 13.1. The molecule has 8 heteroatoms. The molecular weight excluding hydrogens is 442 g/mol. The molecule has 0 aliphatic rings. The Kier molecular flexibility index (Phi) is 9.59. The van der Waals surface area contributed by atoms with Crippen molar-refractivity contribution in [1.82, 2.24) is 10.2 Å². The van der Waals surface area contributed by atoms with Gasteiger partial charge in [-0.25, -0.2) is 4.39 Å². The lowest BCUT2D eigenvalue weighted by atomic mass is 10.1. The van der Waals surface area contributed by atoms with E-state index in [1.807, 2.05) is 20.8 Å². The van der Waals surface area contributed by atoms with Crippen molar-refractivity contribution in [2.24, 2.45) is 5.92 Å². The molecule has 0 fully saturated rings. The normalized spacial score (nSPS) is 11.8. The van der Waals surface area contributed by atoms with E-state index in [-0.39, 0.29) is 30.9 Å². The van der Waals surface area contributed by atoms with Crippen LogP contribution in [-0.4, -0.2) is 35.9 Å². The minimum atomic E-state index is -0.683. The second-order valence-corrected chi connectivity index (χ2v) is 8.39. The third-order valence-electron chi connectivity index (χ3n) is 4.58. The van der Waals surface area contributed by atoms with Gasteiger partial charge in [0.05, 0.1) is 10.0 Å². The third kappa shape index (κ3) is 7.71. The molecule has 31 heavy (non-hydrogen) atoms. The molecule has 0 aromatic heterocycles. The van der Waals surface area contributed by atoms with E-state index in [1.54, 1.807) is 18.2 Å².